The first-order valence-corrected chi connectivity index (χ1v) is 20.0. The molecule has 4 amide bonds. The van der Waals surface area contributed by atoms with Crippen molar-refractivity contribution in [3.63, 3.8) is 0 Å². The Morgan fingerprint density at radius 1 is 1.07 bits per heavy atom. The lowest BCUT2D eigenvalue weighted by Crippen LogP contribution is -2.58. The van der Waals surface area contributed by atoms with Crippen LogP contribution in [0.25, 0.3) is 0 Å². The second kappa shape index (κ2) is 17.8. The fraction of sp³-hybridized carbons (Fsp3) is 0.600. The average molecular weight is 849 g/mol. The Morgan fingerprint density at radius 3 is 2.33 bits per heavy atom. The van der Waals surface area contributed by atoms with Gasteiger partial charge in [0.2, 0.25) is 23.6 Å². The van der Waals surface area contributed by atoms with Crippen LogP contribution in [-0.4, -0.2) is 111 Å². The fourth-order valence-corrected chi connectivity index (χ4v) is 9.57. The van der Waals surface area contributed by atoms with Gasteiger partial charge in [0.1, 0.15) is 11.3 Å². The number of nitrogens with zero attached hydrogens (tertiary/aromatic N) is 6. The molecule has 3 aliphatic heterocycles. The molecule has 316 valence electrons. The predicted molar refractivity (Wildman–Crippen MR) is 216 cm³/mol. The van der Waals surface area contributed by atoms with Crippen molar-refractivity contribution in [1.82, 2.24) is 25.0 Å². The smallest absolute Gasteiger partial charge is 0.377 e. The molecule has 0 spiro atoms. The van der Waals surface area contributed by atoms with Crippen molar-refractivity contribution in [2.45, 2.75) is 120 Å². The number of imide groups is 1. The highest BCUT2D eigenvalue weighted by atomic mass is 35.5. The number of thiol groups is 1. The van der Waals surface area contributed by atoms with Crippen LogP contribution in [-0.2, 0) is 35.5 Å². The quantitative estimate of drug-likeness (QED) is 0.218. The molecule has 4 aliphatic rings. The molecule has 1 aromatic heterocycles. The number of hydrogen-bond acceptors (Lipinski definition) is 11. The van der Waals surface area contributed by atoms with Crippen LogP contribution >= 0.6 is 25.0 Å². The number of hydrogen-bond donors (Lipinski definition) is 3. The Balaban J connectivity index is 0.00000641. The maximum Gasteiger partial charge on any atom is 0.417 e. The second-order valence-electron chi connectivity index (χ2n) is 16.4. The van der Waals surface area contributed by atoms with Gasteiger partial charge in [0.15, 0.2) is 0 Å². The van der Waals surface area contributed by atoms with Gasteiger partial charge in [-0.1, -0.05) is 6.07 Å². The number of amides is 4. The van der Waals surface area contributed by atoms with E-state index in [9.17, 15) is 37.6 Å². The summed E-state index contributed by atoms with van der Waals surface area (Å²) in [5.41, 5.74) is -3.50. The summed E-state index contributed by atoms with van der Waals surface area (Å²) in [5, 5.41) is 14.5. The number of carbonyl (C=O) groups is 4. The molecular formula is C40H52ClF3N8O5S. The Kier molecular flexibility index (Phi) is 13.9. The molecule has 1 aliphatic carbocycles. The lowest BCUT2D eigenvalue weighted by Gasteiger charge is -2.44. The number of rotatable bonds is 10. The number of nitriles is 1. The van der Waals surface area contributed by atoms with E-state index < -0.39 is 33.8 Å². The maximum atomic E-state index is 13.7. The van der Waals surface area contributed by atoms with E-state index in [1.54, 1.807) is 45.2 Å². The number of pyridine rings is 1. The lowest BCUT2D eigenvalue weighted by molar-refractivity contribution is -0.138. The summed E-state index contributed by atoms with van der Waals surface area (Å²) in [4.78, 5) is 63.0. The first-order chi connectivity index (χ1) is 26.8. The third-order valence-corrected chi connectivity index (χ3v) is 12.6. The SMILES string of the molecule is C[C@@H]1CN(CCOC2CCC(N3C(S)N(c4ccc(C#N)c(C(F)(F)F)c4)C(=O)C3(C)C)CC2)C[C@H](C)N1CC(=O)Nc1ccc([C@@]2(C)CCC(=O)NC2=O)cn1.Cl. The molecule has 0 bridgehead atoms. The van der Waals surface area contributed by atoms with Crippen molar-refractivity contribution < 1.29 is 37.1 Å². The van der Waals surface area contributed by atoms with E-state index in [0.29, 0.717) is 24.4 Å². The van der Waals surface area contributed by atoms with Crippen molar-refractivity contribution in [3.05, 3.63) is 53.2 Å². The number of alkyl halides is 3. The topological polar surface area (TPSA) is 151 Å². The van der Waals surface area contributed by atoms with Gasteiger partial charge in [0.25, 0.3) is 0 Å². The summed E-state index contributed by atoms with van der Waals surface area (Å²) in [5.74, 6) is -0.780. The van der Waals surface area contributed by atoms with Crippen LogP contribution in [0.15, 0.2) is 36.5 Å². The highest BCUT2D eigenvalue weighted by Gasteiger charge is 2.54. The molecule has 4 heterocycles. The number of ether oxygens (including phenoxy) is 1. The molecule has 4 atom stereocenters. The zero-order valence-corrected chi connectivity index (χ0v) is 35.1. The molecule has 18 heteroatoms. The Labute approximate surface area is 348 Å². The summed E-state index contributed by atoms with van der Waals surface area (Å²) in [6.07, 6.45) is 0.529. The van der Waals surface area contributed by atoms with Gasteiger partial charge in [-0.25, -0.2) is 4.98 Å². The zero-order chi connectivity index (χ0) is 41.4. The number of anilines is 2. The number of aromatic nitrogens is 1. The maximum absolute atomic E-state index is 13.7. The van der Waals surface area contributed by atoms with Crippen LogP contribution in [0.5, 0.6) is 0 Å². The number of benzene rings is 1. The Hall–Kier alpha value is -3.79. The summed E-state index contributed by atoms with van der Waals surface area (Å²) < 4.78 is 47.6. The van der Waals surface area contributed by atoms with Crippen LogP contribution in [0, 0.1) is 11.3 Å². The molecular weight excluding hydrogens is 797 g/mol. The molecule has 4 fully saturated rings. The highest BCUT2D eigenvalue weighted by molar-refractivity contribution is 7.81. The van der Waals surface area contributed by atoms with Gasteiger partial charge in [-0.2, -0.15) is 18.4 Å². The molecule has 0 radical (unpaired) electrons. The third-order valence-electron chi connectivity index (χ3n) is 12.2. The van der Waals surface area contributed by atoms with Crippen molar-refractivity contribution in [2.24, 2.45) is 0 Å². The van der Waals surface area contributed by atoms with E-state index in [2.05, 4.69) is 39.3 Å². The largest absolute Gasteiger partial charge is 0.417 e. The Bertz CT molecular complexity index is 1900. The summed E-state index contributed by atoms with van der Waals surface area (Å²) in [7, 11) is 0. The molecule has 2 aromatic rings. The van der Waals surface area contributed by atoms with Crippen LogP contribution in [0.2, 0.25) is 0 Å². The van der Waals surface area contributed by atoms with Crippen molar-refractivity contribution >= 4 is 60.2 Å². The normalized spacial score (nSPS) is 28.4. The van der Waals surface area contributed by atoms with E-state index in [-0.39, 0.29) is 78.9 Å². The van der Waals surface area contributed by atoms with Crippen LogP contribution in [0.3, 0.4) is 0 Å². The lowest BCUT2D eigenvalue weighted by atomic mass is 9.76. The summed E-state index contributed by atoms with van der Waals surface area (Å²) in [6, 6.07) is 8.54. The number of halogens is 4. The van der Waals surface area contributed by atoms with E-state index in [4.69, 9.17) is 17.4 Å². The number of piperazine rings is 1. The minimum absolute atomic E-state index is 0. The molecule has 2 N–H and O–H groups in total. The summed E-state index contributed by atoms with van der Waals surface area (Å²) >= 11 is 4.76. The van der Waals surface area contributed by atoms with Gasteiger partial charge in [-0.3, -0.25) is 44.1 Å². The minimum Gasteiger partial charge on any atom is -0.377 e. The average Bonchev–Trinajstić information content (AvgIpc) is 3.33. The first kappa shape index (κ1) is 45.3. The summed E-state index contributed by atoms with van der Waals surface area (Å²) in [6.45, 7) is 12.5. The zero-order valence-electron chi connectivity index (χ0n) is 33.3. The molecule has 58 heavy (non-hydrogen) atoms. The van der Waals surface area contributed by atoms with E-state index in [1.807, 2.05) is 4.90 Å². The van der Waals surface area contributed by atoms with E-state index >= 15 is 0 Å². The van der Waals surface area contributed by atoms with Gasteiger partial charge in [0, 0.05) is 56.1 Å². The van der Waals surface area contributed by atoms with Crippen molar-refractivity contribution in [2.75, 3.05) is 43.0 Å². The highest BCUT2D eigenvalue weighted by Crippen LogP contribution is 2.43. The molecule has 3 saturated heterocycles. The van der Waals surface area contributed by atoms with Gasteiger partial charge in [0.05, 0.1) is 47.4 Å². The molecule has 1 saturated carbocycles. The molecule has 6 rings (SSSR count). The van der Waals surface area contributed by atoms with Gasteiger partial charge < -0.3 is 10.1 Å². The number of carbonyl (C=O) groups excluding carboxylic acids is 4. The molecule has 1 unspecified atom stereocenters. The van der Waals surface area contributed by atoms with Crippen LogP contribution in [0.4, 0.5) is 24.7 Å². The van der Waals surface area contributed by atoms with Crippen molar-refractivity contribution in [1.29, 1.82) is 5.26 Å². The second-order valence-corrected chi connectivity index (χ2v) is 16.9. The monoisotopic (exact) mass is 848 g/mol. The third kappa shape index (κ3) is 9.32. The standard InChI is InChI=1S/C40H51F3N8O5S.ClH/c1-24-21-48(22-25(2)49(24)23-34(53)46-32-13-7-27(20-45-32)39(5)15-14-33(52)47-35(39)54)16-17-56-30-11-9-28(10-12-30)51-37(57)50(36(55)38(51,3)4)29-8-6-26(19-44)31(18-29)40(41,42)43;/h6-8,13,18,20,24-25,28,30,37,57H,9-12,14-17,21-23H2,1-5H3,(H,45,46,53)(H,47,52,54);1H/t24-,25+,28?,30?,37?,39-;/m1./s1. The van der Waals surface area contributed by atoms with E-state index in [0.717, 1.165) is 57.5 Å². The van der Waals surface area contributed by atoms with Gasteiger partial charge in [-0.05, 0) is 96.6 Å². The fourth-order valence-electron chi connectivity index (χ4n) is 8.85. The predicted octanol–water partition coefficient (Wildman–Crippen LogP) is 5.09. The molecule has 13 nitrogen and oxygen atoms in total. The number of piperidine rings is 1. The van der Waals surface area contributed by atoms with Gasteiger partial charge in [-0.15, -0.1) is 25.0 Å². The molecule has 1 aromatic carbocycles. The number of nitrogens with one attached hydrogen (secondary N) is 2. The van der Waals surface area contributed by atoms with Crippen LogP contribution in [0.1, 0.15) is 89.8 Å². The first-order valence-electron chi connectivity index (χ1n) is 19.5. The van der Waals surface area contributed by atoms with Crippen LogP contribution < -0.4 is 15.5 Å². The minimum atomic E-state index is -4.75. The van der Waals surface area contributed by atoms with Crippen molar-refractivity contribution in [3.8, 4) is 6.07 Å². The van der Waals surface area contributed by atoms with Gasteiger partial charge >= 0.3 is 6.18 Å². The Morgan fingerprint density at radius 2 is 1.74 bits per heavy atom. The van der Waals surface area contributed by atoms with E-state index in [1.165, 1.54) is 11.0 Å².